The van der Waals surface area contributed by atoms with Gasteiger partial charge in [-0.05, 0) is 6.92 Å². The SMILES string of the molecule is C#CCCC(C(=O)OCC)[N+](=O)[O-]. The maximum absolute atomic E-state index is 11.0. The topological polar surface area (TPSA) is 69.4 Å². The summed E-state index contributed by atoms with van der Waals surface area (Å²) in [5, 5.41) is 10.4. The van der Waals surface area contributed by atoms with Gasteiger partial charge in [0.05, 0.1) is 6.61 Å². The predicted octanol–water partition coefficient (Wildman–Crippen LogP) is 0.608. The van der Waals surface area contributed by atoms with E-state index in [2.05, 4.69) is 10.7 Å². The van der Waals surface area contributed by atoms with Gasteiger partial charge in [-0.15, -0.1) is 12.3 Å². The molecule has 0 spiro atoms. The minimum atomic E-state index is -1.32. The van der Waals surface area contributed by atoms with Gasteiger partial charge in [0.25, 0.3) is 0 Å². The summed E-state index contributed by atoms with van der Waals surface area (Å²) < 4.78 is 4.51. The van der Waals surface area contributed by atoms with Crippen LogP contribution in [0.3, 0.4) is 0 Å². The molecule has 72 valence electrons. The third-order valence-corrected chi connectivity index (χ3v) is 1.38. The van der Waals surface area contributed by atoms with Gasteiger partial charge in [0, 0.05) is 17.8 Å². The summed E-state index contributed by atoms with van der Waals surface area (Å²) in [6.07, 6.45) is 5.16. The van der Waals surface area contributed by atoms with E-state index in [4.69, 9.17) is 6.42 Å². The van der Waals surface area contributed by atoms with Crippen molar-refractivity contribution >= 4 is 5.97 Å². The smallest absolute Gasteiger partial charge is 0.381 e. The first-order chi connectivity index (χ1) is 6.13. The maximum atomic E-state index is 11.0. The number of carbonyl (C=O) groups excluding carboxylic acids is 1. The van der Waals surface area contributed by atoms with Crippen LogP contribution in [-0.4, -0.2) is 23.5 Å². The molecule has 0 aliphatic heterocycles. The Kier molecular flexibility index (Phi) is 5.28. The van der Waals surface area contributed by atoms with E-state index in [-0.39, 0.29) is 19.4 Å². The van der Waals surface area contributed by atoms with Crippen LogP contribution in [0, 0.1) is 22.5 Å². The van der Waals surface area contributed by atoms with Crippen molar-refractivity contribution in [1.29, 1.82) is 0 Å². The molecule has 5 nitrogen and oxygen atoms in total. The number of hydrogen-bond acceptors (Lipinski definition) is 4. The molecular weight excluding hydrogens is 174 g/mol. The zero-order valence-corrected chi connectivity index (χ0v) is 7.36. The van der Waals surface area contributed by atoms with E-state index in [9.17, 15) is 14.9 Å². The third-order valence-electron chi connectivity index (χ3n) is 1.38. The number of nitrogens with zero attached hydrogens (tertiary/aromatic N) is 1. The fourth-order valence-corrected chi connectivity index (χ4v) is 0.768. The van der Waals surface area contributed by atoms with Crippen LogP contribution in [0.5, 0.6) is 0 Å². The Bertz CT molecular complexity index is 231. The summed E-state index contributed by atoms with van der Waals surface area (Å²) in [5.74, 6) is 1.42. The zero-order valence-electron chi connectivity index (χ0n) is 7.36. The largest absolute Gasteiger partial charge is 0.461 e. The van der Waals surface area contributed by atoms with E-state index >= 15 is 0 Å². The fourth-order valence-electron chi connectivity index (χ4n) is 0.768. The van der Waals surface area contributed by atoms with Crippen LogP contribution < -0.4 is 0 Å². The van der Waals surface area contributed by atoms with Crippen molar-refractivity contribution in [3.63, 3.8) is 0 Å². The van der Waals surface area contributed by atoms with E-state index in [0.717, 1.165) is 0 Å². The Labute approximate surface area is 76.2 Å². The molecule has 0 aromatic heterocycles. The molecule has 0 fully saturated rings. The number of carbonyl (C=O) groups is 1. The molecule has 13 heavy (non-hydrogen) atoms. The van der Waals surface area contributed by atoms with E-state index in [1.807, 2.05) is 0 Å². The highest BCUT2D eigenvalue weighted by Gasteiger charge is 2.30. The molecular formula is C8H11NO4. The second-order valence-corrected chi connectivity index (χ2v) is 2.30. The van der Waals surface area contributed by atoms with Crippen LogP contribution in [0.2, 0.25) is 0 Å². The van der Waals surface area contributed by atoms with Crippen molar-refractivity contribution in [1.82, 2.24) is 0 Å². The summed E-state index contributed by atoms with van der Waals surface area (Å²) in [7, 11) is 0. The lowest BCUT2D eigenvalue weighted by Crippen LogP contribution is -2.31. The lowest BCUT2D eigenvalue weighted by Gasteiger charge is -2.05. The zero-order chi connectivity index (χ0) is 10.3. The highest BCUT2D eigenvalue weighted by Crippen LogP contribution is 2.03. The van der Waals surface area contributed by atoms with Crippen molar-refractivity contribution in [3.8, 4) is 12.3 Å². The summed E-state index contributed by atoms with van der Waals surface area (Å²) in [6.45, 7) is 1.73. The Balaban J connectivity index is 4.17. The highest BCUT2D eigenvalue weighted by molar-refractivity contribution is 5.74. The third kappa shape index (κ3) is 4.11. The van der Waals surface area contributed by atoms with Crippen LogP contribution in [0.1, 0.15) is 19.8 Å². The first-order valence-electron chi connectivity index (χ1n) is 3.87. The van der Waals surface area contributed by atoms with Gasteiger partial charge in [0.2, 0.25) is 0 Å². The van der Waals surface area contributed by atoms with Crippen molar-refractivity contribution in [2.45, 2.75) is 25.8 Å². The van der Waals surface area contributed by atoms with Gasteiger partial charge in [-0.3, -0.25) is 10.1 Å². The molecule has 5 heteroatoms. The highest BCUT2D eigenvalue weighted by atomic mass is 16.6. The number of esters is 1. The molecule has 0 saturated heterocycles. The maximum Gasteiger partial charge on any atom is 0.381 e. The molecule has 0 rings (SSSR count). The second-order valence-electron chi connectivity index (χ2n) is 2.30. The fraction of sp³-hybridized carbons (Fsp3) is 0.625. The normalized spacial score (nSPS) is 11.4. The molecule has 0 N–H and O–H groups in total. The molecule has 0 heterocycles. The van der Waals surface area contributed by atoms with E-state index in [1.165, 1.54) is 0 Å². The van der Waals surface area contributed by atoms with Crippen LogP contribution in [0.15, 0.2) is 0 Å². The van der Waals surface area contributed by atoms with Gasteiger partial charge >= 0.3 is 12.0 Å². The van der Waals surface area contributed by atoms with Gasteiger partial charge in [0.15, 0.2) is 0 Å². The molecule has 0 radical (unpaired) electrons. The van der Waals surface area contributed by atoms with Crippen molar-refractivity contribution in [3.05, 3.63) is 10.1 Å². The number of ether oxygens (including phenoxy) is 1. The molecule has 1 atom stereocenters. The number of rotatable bonds is 5. The number of hydrogen-bond donors (Lipinski definition) is 0. The first kappa shape index (κ1) is 11.4. The minimum absolute atomic E-state index is 0.0301. The van der Waals surface area contributed by atoms with E-state index in [1.54, 1.807) is 6.92 Å². The average Bonchev–Trinajstić information content (AvgIpc) is 2.05. The molecule has 0 aliphatic carbocycles. The molecule has 0 aliphatic rings. The summed E-state index contributed by atoms with van der Waals surface area (Å²) in [6, 6.07) is -1.32. The molecule has 0 amide bonds. The Morgan fingerprint density at radius 3 is 2.77 bits per heavy atom. The molecule has 1 unspecified atom stereocenters. The summed E-state index contributed by atoms with van der Waals surface area (Å²) in [5.41, 5.74) is 0. The van der Waals surface area contributed by atoms with Crippen LogP contribution in [0.4, 0.5) is 0 Å². The summed E-state index contributed by atoms with van der Waals surface area (Å²) >= 11 is 0. The monoisotopic (exact) mass is 185 g/mol. The quantitative estimate of drug-likeness (QED) is 0.272. The van der Waals surface area contributed by atoms with Crippen molar-refractivity contribution < 1.29 is 14.5 Å². The van der Waals surface area contributed by atoms with Crippen LogP contribution >= 0.6 is 0 Å². The average molecular weight is 185 g/mol. The van der Waals surface area contributed by atoms with Gasteiger partial charge in [-0.2, -0.15) is 0 Å². The van der Waals surface area contributed by atoms with Crippen molar-refractivity contribution in [2.75, 3.05) is 6.61 Å². The molecule has 0 saturated carbocycles. The summed E-state index contributed by atoms with van der Waals surface area (Å²) in [4.78, 5) is 20.6. The Morgan fingerprint density at radius 2 is 2.38 bits per heavy atom. The predicted molar refractivity (Wildman–Crippen MR) is 45.5 cm³/mol. The van der Waals surface area contributed by atoms with Gasteiger partial charge in [-0.25, -0.2) is 4.79 Å². The number of terminal acetylenes is 1. The van der Waals surface area contributed by atoms with Crippen LogP contribution in [0.25, 0.3) is 0 Å². The van der Waals surface area contributed by atoms with E-state index in [0.29, 0.717) is 0 Å². The van der Waals surface area contributed by atoms with Crippen LogP contribution in [-0.2, 0) is 9.53 Å². The Hall–Kier alpha value is -1.57. The molecule has 0 bridgehead atoms. The van der Waals surface area contributed by atoms with Gasteiger partial charge in [0.1, 0.15) is 0 Å². The first-order valence-corrected chi connectivity index (χ1v) is 3.87. The minimum Gasteiger partial charge on any atom is -0.461 e. The second kappa shape index (κ2) is 6.00. The van der Waals surface area contributed by atoms with Crippen molar-refractivity contribution in [2.24, 2.45) is 0 Å². The standard InChI is InChI=1S/C8H11NO4/c1-3-5-6-7(9(11)12)8(10)13-4-2/h1,7H,4-6H2,2H3. The van der Waals surface area contributed by atoms with Gasteiger partial charge in [-0.1, -0.05) is 0 Å². The number of nitro groups is 1. The lowest BCUT2D eigenvalue weighted by atomic mass is 10.2. The molecule has 0 aromatic carbocycles. The molecule has 0 aromatic rings. The van der Waals surface area contributed by atoms with Gasteiger partial charge < -0.3 is 4.74 Å². The lowest BCUT2D eigenvalue weighted by molar-refractivity contribution is -0.511. The Morgan fingerprint density at radius 1 is 1.77 bits per heavy atom. The van der Waals surface area contributed by atoms with E-state index < -0.39 is 16.9 Å².